The summed E-state index contributed by atoms with van der Waals surface area (Å²) in [5, 5.41) is 9.29. The van der Waals surface area contributed by atoms with Gasteiger partial charge in [-0.2, -0.15) is 5.26 Å². The van der Waals surface area contributed by atoms with Crippen LogP contribution in [0.1, 0.15) is 55.6 Å². The maximum absolute atomic E-state index is 13.1. The van der Waals surface area contributed by atoms with Crippen LogP contribution in [0.3, 0.4) is 0 Å². The van der Waals surface area contributed by atoms with Crippen LogP contribution in [0.15, 0.2) is 18.2 Å². The predicted molar refractivity (Wildman–Crippen MR) is 114 cm³/mol. The van der Waals surface area contributed by atoms with Gasteiger partial charge in [0.2, 0.25) is 10.0 Å². The number of amides is 1. The molecule has 2 fully saturated rings. The molecule has 1 N–H and O–H groups in total. The Balaban J connectivity index is 1.64. The van der Waals surface area contributed by atoms with Crippen molar-refractivity contribution in [2.24, 2.45) is 0 Å². The average molecular weight is 448 g/mol. The largest absolute Gasteiger partial charge is 0.483 e. The van der Waals surface area contributed by atoms with Crippen LogP contribution < -0.4 is 9.46 Å². The van der Waals surface area contributed by atoms with Crippen LogP contribution in [0.2, 0.25) is 0 Å². The van der Waals surface area contributed by atoms with Crippen molar-refractivity contribution in [1.29, 1.82) is 5.26 Å². The molecular formula is C22H29N3O5S. The maximum Gasteiger partial charge on any atom is 0.260 e. The molecule has 0 spiro atoms. The zero-order valence-corrected chi connectivity index (χ0v) is 18.6. The molecule has 1 aliphatic carbocycles. The van der Waals surface area contributed by atoms with Crippen molar-refractivity contribution in [3.05, 3.63) is 29.3 Å². The molecule has 1 saturated heterocycles. The number of carbonyl (C=O) groups is 1. The molecule has 5 rings (SSSR count). The molecule has 1 saturated carbocycles. The lowest BCUT2D eigenvalue weighted by Gasteiger charge is -2.41. The summed E-state index contributed by atoms with van der Waals surface area (Å²) in [4.78, 5) is 14.8. The van der Waals surface area contributed by atoms with Crippen molar-refractivity contribution in [2.45, 2.75) is 62.6 Å². The smallest absolute Gasteiger partial charge is 0.260 e. The summed E-state index contributed by atoms with van der Waals surface area (Å²) in [6, 6.07) is 6.84. The number of ether oxygens (including phenoxy) is 2. The molecule has 3 heterocycles. The summed E-state index contributed by atoms with van der Waals surface area (Å²) in [6.45, 7) is 0.691. The summed E-state index contributed by atoms with van der Waals surface area (Å²) < 4.78 is 38.7. The number of nitriles is 1. The molecule has 0 aromatic heterocycles. The van der Waals surface area contributed by atoms with Gasteiger partial charge in [0.25, 0.3) is 5.91 Å². The van der Waals surface area contributed by atoms with Crippen LogP contribution in [-0.2, 0) is 19.6 Å². The van der Waals surface area contributed by atoms with E-state index in [2.05, 4.69) is 10.8 Å². The molecule has 1 aromatic carbocycles. The molecule has 2 unspecified atom stereocenters. The van der Waals surface area contributed by atoms with Gasteiger partial charge in [-0.05, 0) is 62.1 Å². The number of fused-ring (bicyclic) bond motifs is 5. The number of carbonyl (C=O) groups excluding carboxylic acids is 1. The van der Waals surface area contributed by atoms with Gasteiger partial charge in [0.1, 0.15) is 5.75 Å². The number of hydrogen-bond donors (Lipinski definition) is 1. The van der Waals surface area contributed by atoms with Gasteiger partial charge in [-0.15, -0.1) is 0 Å². The number of nitrogens with one attached hydrogen (secondary N) is 1. The number of nitrogens with zero attached hydrogens (tertiary/aromatic N) is 2. The normalized spacial score (nSPS) is 29.4. The van der Waals surface area contributed by atoms with E-state index in [-0.39, 0.29) is 30.7 Å². The fourth-order valence-corrected chi connectivity index (χ4v) is 5.87. The minimum Gasteiger partial charge on any atom is -0.483 e. The molecule has 9 heteroatoms. The van der Waals surface area contributed by atoms with Gasteiger partial charge in [-0.25, -0.2) is 13.1 Å². The SMILES string of the molecule is CS(=O)(=O)NC1CCCN2C(=O)COc3cc(C#N)ccc3C3CCC(CC3)OCC12. The summed E-state index contributed by atoms with van der Waals surface area (Å²) >= 11 is 0. The molecule has 0 radical (unpaired) electrons. The molecule has 1 amide bonds. The number of benzene rings is 1. The first-order valence-corrected chi connectivity index (χ1v) is 12.8. The molecule has 8 nitrogen and oxygen atoms in total. The van der Waals surface area contributed by atoms with Crippen LogP contribution in [0.4, 0.5) is 0 Å². The number of sulfonamides is 1. The molecule has 4 aliphatic rings. The summed E-state index contributed by atoms with van der Waals surface area (Å²) in [5.74, 6) is 0.699. The Morgan fingerprint density at radius 1 is 1.19 bits per heavy atom. The van der Waals surface area contributed by atoms with E-state index >= 15 is 0 Å². The van der Waals surface area contributed by atoms with Gasteiger partial charge in [0.15, 0.2) is 6.61 Å². The Kier molecular flexibility index (Phi) is 6.51. The van der Waals surface area contributed by atoms with E-state index in [1.165, 1.54) is 0 Å². The predicted octanol–water partition coefficient (Wildman–Crippen LogP) is 1.90. The lowest BCUT2D eigenvalue weighted by Crippen LogP contribution is -2.59. The quantitative estimate of drug-likeness (QED) is 0.742. The Bertz CT molecular complexity index is 966. The van der Waals surface area contributed by atoms with E-state index in [4.69, 9.17) is 9.47 Å². The van der Waals surface area contributed by atoms with Gasteiger partial charge in [-0.1, -0.05) is 6.07 Å². The zero-order valence-electron chi connectivity index (χ0n) is 17.7. The standard InChI is InChI=1S/C22H29N3O5S/c1-31(27,28)24-19-3-2-10-25-20(19)13-29-17-7-5-16(6-8-17)18-9-4-15(12-23)11-21(18)30-14-22(25)26/h4,9,11,16-17,19-20,24H,2-3,5-8,10,13-14H2,1H3. The molecule has 1 aromatic rings. The Labute approximate surface area is 183 Å². The van der Waals surface area contributed by atoms with Gasteiger partial charge >= 0.3 is 0 Å². The minimum absolute atomic E-state index is 0.0949. The molecule has 31 heavy (non-hydrogen) atoms. The first-order chi connectivity index (χ1) is 14.8. The fraction of sp³-hybridized carbons (Fsp3) is 0.636. The minimum atomic E-state index is -3.41. The first kappa shape index (κ1) is 22.1. The maximum atomic E-state index is 13.1. The Hall–Kier alpha value is -2.15. The van der Waals surface area contributed by atoms with Crippen molar-refractivity contribution in [3.8, 4) is 11.8 Å². The second-order valence-corrected chi connectivity index (χ2v) is 10.5. The highest BCUT2D eigenvalue weighted by Crippen LogP contribution is 2.39. The van der Waals surface area contributed by atoms with Crippen LogP contribution in [0.5, 0.6) is 5.75 Å². The van der Waals surface area contributed by atoms with E-state index in [0.29, 0.717) is 43.2 Å². The molecule has 2 atom stereocenters. The van der Waals surface area contributed by atoms with E-state index in [0.717, 1.165) is 37.5 Å². The highest BCUT2D eigenvalue weighted by atomic mass is 32.2. The molecular weight excluding hydrogens is 418 g/mol. The lowest BCUT2D eigenvalue weighted by molar-refractivity contribution is -0.140. The molecule has 168 valence electrons. The van der Waals surface area contributed by atoms with Crippen LogP contribution in [0.25, 0.3) is 0 Å². The zero-order chi connectivity index (χ0) is 22.0. The Morgan fingerprint density at radius 3 is 2.68 bits per heavy atom. The Morgan fingerprint density at radius 2 is 1.97 bits per heavy atom. The monoisotopic (exact) mass is 447 g/mol. The third-order valence-electron chi connectivity index (χ3n) is 6.58. The van der Waals surface area contributed by atoms with E-state index < -0.39 is 10.0 Å². The van der Waals surface area contributed by atoms with Crippen molar-refractivity contribution in [3.63, 3.8) is 0 Å². The van der Waals surface area contributed by atoms with Gasteiger partial charge in [-0.3, -0.25) is 4.79 Å². The van der Waals surface area contributed by atoms with Gasteiger partial charge in [0.05, 0.1) is 36.6 Å². The van der Waals surface area contributed by atoms with Crippen LogP contribution >= 0.6 is 0 Å². The summed E-state index contributed by atoms with van der Waals surface area (Å²) in [5.41, 5.74) is 1.54. The fourth-order valence-electron chi connectivity index (χ4n) is 5.05. The van der Waals surface area contributed by atoms with E-state index in [1.807, 2.05) is 6.07 Å². The van der Waals surface area contributed by atoms with Crippen LogP contribution in [-0.4, -0.2) is 63.4 Å². The lowest BCUT2D eigenvalue weighted by atomic mass is 9.82. The topological polar surface area (TPSA) is 109 Å². The third-order valence-corrected chi connectivity index (χ3v) is 7.31. The number of hydrogen-bond acceptors (Lipinski definition) is 6. The summed E-state index contributed by atoms with van der Waals surface area (Å²) in [7, 11) is -3.41. The highest BCUT2D eigenvalue weighted by molar-refractivity contribution is 7.88. The summed E-state index contributed by atoms with van der Waals surface area (Å²) in [6.07, 6.45) is 6.29. The van der Waals surface area contributed by atoms with E-state index in [9.17, 15) is 18.5 Å². The molecule has 2 bridgehead atoms. The third kappa shape index (κ3) is 5.20. The molecule has 3 aliphatic heterocycles. The van der Waals surface area contributed by atoms with E-state index in [1.54, 1.807) is 17.0 Å². The second-order valence-electron chi connectivity index (χ2n) is 8.75. The first-order valence-electron chi connectivity index (χ1n) is 10.9. The van der Waals surface area contributed by atoms with Gasteiger partial charge in [0, 0.05) is 12.6 Å². The van der Waals surface area contributed by atoms with Crippen molar-refractivity contribution in [2.75, 3.05) is 26.0 Å². The second kappa shape index (κ2) is 9.15. The van der Waals surface area contributed by atoms with Crippen molar-refractivity contribution >= 4 is 15.9 Å². The van der Waals surface area contributed by atoms with Gasteiger partial charge < -0.3 is 14.4 Å². The van der Waals surface area contributed by atoms with Crippen molar-refractivity contribution < 1.29 is 22.7 Å². The number of piperidine rings is 1. The van der Waals surface area contributed by atoms with Crippen LogP contribution in [0, 0.1) is 11.3 Å². The highest BCUT2D eigenvalue weighted by Gasteiger charge is 2.37. The number of rotatable bonds is 2. The average Bonchev–Trinajstić information content (AvgIpc) is 2.76. The van der Waals surface area contributed by atoms with Crippen molar-refractivity contribution in [1.82, 2.24) is 9.62 Å².